The molecule has 0 radical (unpaired) electrons. The molecule has 0 unspecified atom stereocenters. The third kappa shape index (κ3) is 1.72. The van der Waals surface area contributed by atoms with Gasteiger partial charge in [-0.2, -0.15) is 0 Å². The fraction of sp³-hybridized carbons (Fsp3) is 0. The molecule has 0 aliphatic carbocycles. The summed E-state index contributed by atoms with van der Waals surface area (Å²) in [7, 11) is 0. The molecule has 0 amide bonds. The monoisotopic (exact) mass is 192 g/mol. The Bertz CT molecular complexity index is 282. The van der Waals surface area contributed by atoms with E-state index < -0.39 is 10.2 Å². The van der Waals surface area contributed by atoms with Crippen molar-refractivity contribution in [2.45, 2.75) is 0 Å². The molecule has 1 heterocycles. The molecule has 0 fully saturated rings. The Morgan fingerprint density at radius 1 is 1.82 bits per heavy atom. The molecule has 11 heavy (non-hydrogen) atoms. The second kappa shape index (κ2) is 2.93. The van der Waals surface area contributed by atoms with E-state index in [0.29, 0.717) is 11.3 Å². The number of hydrogen-bond donors (Lipinski definition) is 0. The van der Waals surface area contributed by atoms with Crippen molar-refractivity contribution in [3.05, 3.63) is 21.2 Å². The Labute approximate surface area is 69.8 Å². The van der Waals surface area contributed by atoms with E-state index >= 15 is 0 Å². The first kappa shape index (κ1) is 8.09. The maximum absolute atomic E-state index is 10.4. The molecule has 7 heteroatoms. The van der Waals surface area contributed by atoms with Crippen molar-refractivity contribution in [1.82, 2.24) is 4.98 Å². The predicted molar refractivity (Wildman–Crippen MR) is 39.0 cm³/mol. The largest absolute Gasteiger partial charge is 0.423 e. The second-order valence-corrected chi connectivity index (χ2v) is 2.89. The molecule has 58 valence electrons. The van der Waals surface area contributed by atoms with E-state index in [1.165, 1.54) is 0 Å². The van der Waals surface area contributed by atoms with Crippen LogP contribution in [0.25, 0.3) is 0 Å². The van der Waals surface area contributed by atoms with Crippen LogP contribution in [0.5, 0.6) is 0 Å². The van der Waals surface area contributed by atoms with Gasteiger partial charge in [0, 0.05) is 0 Å². The Balaban J connectivity index is 2.99. The number of nitro groups is 1. The number of carbonyl (C=O) groups is 1. The van der Waals surface area contributed by atoms with Gasteiger partial charge in [-0.15, -0.1) is 0 Å². The zero-order chi connectivity index (χ0) is 8.43. The van der Waals surface area contributed by atoms with Crippen LogP contribution in [-0.2, 0) is 0 Å². The van der Waals surface area contributed by atoms with Gasteiger partial charge in [-0.05, 0) is 32.8 Å². The highest BCUT2D eigenvalue weighted by Gasteiger charge is 2.16. The van der Waals surface area contributed by atoms with Crippen molar-refractivity contribution in [3.8, 4) is 0 Å². The van der Waals surface area contributed by atoms with Gasteiger partial charge in [-0.1, -0.05) is 0 Å². The van der Waals surface area contributed by atoms with E-state index in [1.807, 2.05) is 0 Å². The van der Waals surface area contributed by atoms with E-state index in [1.54, 1.807) is 0 Å². The smallest absolute Gasteiger partial charge is 0.357 e. The lowest BCUT2D eigenvalue weighted by Crippen LogP contribution is -1.83. The molecule has 0 N–H and O–H groups in total. The maximum Gasteiger partial charge on any atom is 0.423 e. The van der Waals surface area contributed by atoms with E-state index in [9.17, 15) is 14.9 Å². The summed E-state index contributed by atoms with van der Waals surface area (Å²) in [5.74, 6) is 0. The molecular formula is C4HClN2O3S. The molecule has 1 aromatic heterocycles. The molecule has 0 aliphatic rings. The van der Waals surface area contributed by atoms with Gasteiger partial charge in [0.1, 0.15) is 4.88 Å². The lowest BCUT2D eigenvalue weighted by Gasteiger charge is -1.81. The van der Waals surface area contributed by atoms with Crippen LogP contribution in [0, 0.1) is 10.1 Å². The standard InChI is InChI=1S/C4HClN2O3S/c5-3(8)2-1-6-4(11-2)7(9)10/h1H. The summed E-state index contributed by atoms with van der Waals surface area (Å²) in [6, 6.07) is 0. The first-order valence-electron chi connectivity index (χ1n) is 2.41. The topological polar surface area (TPSA) is 73.1 Å². The van der Waals surface area contributed by atoms with Crippen LogP contribution in [0.1, 0.15) is 9.67 Å². The normalized spacial score (nSPS) is 9.55. The zero-order valence-electron chi connectivity index (χ0n) is 4.98. The predicted octanol–water partition coefficient (Wildman–Crippen LogP) is 1.43. The van der Waals surface area contributed by atoms with Crippen molar-refractivity contribution in [2.24, 2.45) is 0 Å². The van der Waals surface area contributed by atoms with Crippen molar-refractivity contribution < 1.29 is 9.72 Å². The molecule has 0 aliphatic heterocycles. The highest BCUT2D eigenvalue weighted by Crippen LogP contribution is 2.21. The molecule has 0 saturated heterocycles. The fourth-order valence-corrected chi connectivity index (χ4v) is 1.17. The number of rotatable bonds is 2. The molecule has 0 aromatic carbocycles. The first-order chi connectivity index (χ1) is 5.11. The van der Waals surface area contributed by atoms with Crippen LogP contribution >= 0.6 is 22.9 Å². The van der Waals surface area contributed by atoms with Gasteiger partial charge in [0.25, 0.3) is 5.24 Å². The SMILES string of the molecule is O=C(Cl)c1cnc([N+](=O)[O-])s1. The molecule has 1 aromatic rings. The summed E-state index contributed by atoms with van der Waals surface area (Å²) < 4.78 is 0. The minimum atomic E-state index is -0.726. The van der Waals surface area contributed by atoms with Gasteiger partial charge in [-0.3, -0.25) is 4.79 Å². The molecule has 0 atom stereocenters. The minimum absolute atomic E-state index is 0.0818. The summed E-state index contributed by atoms with van der Waals surface area (Å²) in [5, 5.41) is 8.98. The van der Waals surface area contributed by atoms with E-state index in [-0.39, 0.29) is 10.0 Å². The van der Waals surface area contributed by atoms with Gasteiger partial charge in [0.05, 0.1) is 0 Å². The molecular weight excluding hydrogens is 192 g/mol. The first-order valence-corrected chi connectivity index (χ1v) is 3.61. The van der Waals surface area contributed by atoms with Gasteiger partial charge >= 0.3 is 5.13 Å². The van der Waals surface area contributed by atoms with Crippen LogP contribution in [0.2, 0.25) is 0 Å². The van der Waals surface area contributed by atoms with E-state index in [2.05, 4.69) is 4.98 Å². The summed E-state index contributed by atoms with van der Waals surface area (Å²) in [5.41, 5.74) is 0. The average molecular weight is 193 g/mol. The number of nitrogens with zero attached hydrogens (tertiary/aromatic N) is 2. The summed E-state index contributed by atoms with van der Waals surface area (Å²) in [6.07, 6.45) is 1.08. The van der Waals surface area contributed by atoms with Gasteiger partial charge < -0.3 is 10.1 Å². The lowest BCUT2D eigenvalue weighted by atomic mass is 10.6. The number of carbonyl (C=O) groups excluding carboxylic acids is 1. The van der Waals surface area contributed by atoms with E-state index in [4.69, 9.17) is 11.6 Å². The summed E-state index contributed by atoms with van der Waals surface area (Å²) in [4.78, 5) is 23.2. The Kier molecular flexibility index (Phi) is 2.16. The minimum Gasteiger partial charge on any atom is -0.357 e. The molecule has 0 saturated carbocycles. The summed E-state index contributed by atoms with van der Waals surface area (Å²) >= 11 is 5.69. The molecule has 0 spiro atoms. The molecule has 0 bridgehead atoms. The van der Waals surface area contributed by atoms with Gasteiger partial charge in [0.15, 0.2) is 6.20 Å². The lowest BCUT2D eigenvalue weighted by molar-refractivity contribution is -0.384. The second-order valence-electron chi connectivity index (χ2n) is 1.54. The number of thiazole rings is 1. The Hall–Kier alpha value is -1.01. The Morgan fingerprint density at radius 2 is 2.45 bits per heavy atom. The summed E-state index contributed by atoms with van der Waals surface area (Å²) in [6.45, 7) is 0. The molecule has 1 rings (SSSR count). The van der Waals surface area contributed by atoms with Crippen LogP contribution in [0.4, 0.5) is 5.13 Å². The van der Waals surface area contributed by atoms with E-state index in [0.717, 1.165) is 6.20 Å². The number of halogens is 1. The third-order valence-electron chi connectivity index (χ3n) is 0.843. The third-order valence-corrected chi connectivity index (χ3v) is 2.11. The average Bonchev–Trinajstić information content (AvgIpc) is 2.33. The van der Waals surface area contributed by atoms with Crippen molar-refractivity contribution >= 4 is 33.3 Å². The quantitative estimate of drug-likeness (QED) is 0.404. The van der Waals surface area contributed by atoms with Crippen LogP contribution in [0.3, 0.4) is 0 Å². The number of aromatic nitrogens is 1. The zero-order valence-corrected chi connectivity index (χ0v) is 6.56. The van der Waals surface area contributed by atoms with Crippen LogP contribution in [0.15, 0.2) is 6.20 Å². The van der Waals surface area contributed by atoms with Gasteiger partial charge in [0.2, 0.25) is 0 Å². The van der Waals surface area contributed by atoms with Crippen molar-refractivity contribution in [3.63, 3.8) is 0 Å². The fourth-order valence-electron chi connectivity index (χ4n) is 0.440. The van der Waals surface area contributed by atoms with Gasteiger partial charge in [-0.25, -0.2) is 0 Å². The van der Waals surface area contributed by atoms with Crippen LogP contribution in [-0.4, -0.2) is 15.1 Å². The Morgan fingerprint density at radius 3 is 2.73 bits per heavy atom. The van der Waals surface area contributed by atoms with Crippen LogP contribution < -0.4 is 0 Å². The highest BCUT2D eigenvalue weighted by atomic mass is 35.5. The maximum atomic E-state index is 10.4. The highest BCUT2D eigenvalue weighted by molar-refractivity contribution is 7.18. The van der Waals surface area contributed by atoms with Crippen molar-refractivity contribution in [1.29, 1.82) is 0 Å². The number of hydrogen-bond acceptors (Lipinski definition) is 5. The molecule has 5 nitrogen and oxygen atoms in total. The van der Waals surface area contributed by atoms with Crippen molar-refractivity contribution in [2.75, 3.05) is 0 Å².